The smallest absolute Gasteiger partial charge is 0.0446 e. The molecule has 1 aliphatic heterocycles. The fourth-order valence-electron chi connectivity index (χ4n) is 3.19. The zero-order valence-electron chi connectivity index (χ0n) is 13.0. The number of aliphatic hydroxyl groups excluding tert-OH is 1. The Kier molecular flexibility index (Phi) is 5.58. The molecule has 1 heterocycles. The summed E-state index contributed by atoms with van der Waals surface area (Å²) in [5, 5.41) is 9.29. The predicted molar refractivity (Wildman–Crippen MR) is 83.8 cm³/mol. The number of hydrogen-bond donors (Lipinski definition) is 1. The second-order valence-corrected chi connectivity index (χ2v) is 6.16. The van der Waals surface area contributed by atoms with Crippen LogP contribution in [0.1, 0.15) is 31.4 Å². The Balaban J connectivity index is 1.99. The highest BCUT2D eigenvalue weighted by Gasteiger charge is 2.28. The molecule has 3 nitrogen and oxygen atoms in total. The standard InChI is InChI=1S/C17H28N2O/c1-14(2)19-10-9-18(13-17(19)8-11-20)12-16-7-5-4-6-15(16)3/h4-7,14,17,20H,8-13H2,1-3H3/t17-/m0/s1. The lowest BCUT2D eigenvalue weighted by atomic mass is 10.0. The van der Waals surface area contributed by atoms with Gasteiger partial charge >= 0.3 is 0 Å². The molecule has 0 aromatic heterocycles. The normalized spacial score (nSPS) is 21.6. The summed E-state index contributed by atoms with van der Waals surface area (Å²) in [6.45, 7) is 11.3. The van der Waals surface area contributed by atoms with Crippen molar-refractivity contribution in [2.45, 2.75) is 45.8 Å². The van der Waals surface area contributed by atoms with Crippen molar-refractivity contribution in [3.8, 4) is 0 Å². The van der Waals surface area contributed by atoms with Gasteiger partial charge in [0.25, 0.3) is 0 Å². The van der Waals surface area contributed by atoms with Crippen LogP contribution in [-0.4, -0.2) is 53.2 Å². The van der Waals surface area contributed by atoms with Crippen LogP contribution in [0.4, 0.5) is 0 Å². The van der Waals surface area contributed by atoms with Crippen molar-refractivity contribution >= 4 is 0 Å². The average molecular weight is 276 g/mol. The lowest BCUT2D eigenvalue weighted by Gasteiger charge is -2.43. The van der Waals surface area contributed by atoms with Crippen molar-refractivity contribution in [3.05, 3.63) is 35.4 Å². The number of aryl methyl sites for hydroxylation is 1. The zero-order chi connectivity index (χ0) is 14.5. The summed E-state index contributed by atoms with van der Waals surface area (Å²) in [4.78, 5) is 5.06. The molecule has 0 unspecified atom stereocenters. The maximum absolute atomic E-state index is 9.29. The van der Waals surface area contributed by atoms with Gasteiger partial charge in [-0.3, -0.25) is 9.80 Å². The lowest BCUT2D eigenvalue weighted by molar-refractivity contribution is 0.0348. The zero-order valence-corrected chi connectivity index (χ0v) is 13.0. The topological polar surface area (TPSA) is 26.7 Å². The number of piperazine rings is 1. The molecule has 0 spiro atoms. The Labute approximate surface area is 123 Å². The van der Waals surface area contributed by atoms with Gasteiger partial charge in [-0.25, -0.2) is 0 Å². The minimum absolute atomic E-state index is 0.284. The molecule has 1 atom stereocenters. The van der Waals surface area contributed by atoms with E-state index in [-0.39, 0.29) is 6.61 Å². The van der Waals surface area contributed by atoms with Gasteiger partial charge in [-0.2, -0.15) is 0 Å². The second kappa shape index (κ2) is 7.21. The van der Waals surface area contributed by atoms with Crippen molar-refractivity contribution in [2.75, 3.05) is 26.2 Å². The first-order chi connectivity index (χ1) is 9.61. The first-order valence-electron chi connectivity index (χ1n) is 7.75. The van der Waals surface area contributed by atoms with E-state index in [2.05, 4.69) is 54.8 Å². The second-order valence-electron chi connectivity index (χ2n) is 6.16. The van der Waals surface area contributed by atoms with Crippen molar-refractivity contribution < 1.29 is 5.11 Å². The van der Waals surface area contributed by atoms with Crippen LogP contribution in [0.15, 0.2) is 24.3 Å². The largest absolute Gasteiger partial charge is 0.396 e. The molecule has 0 radical (unpaired) electrons. The maximum Gasteiger partial charge on any atom is 0.0446 e. The SMILES string of the molecule is Cc1ccccc1CN1CCN(C(C)C)[C@@H](CCO)C1. The molecule has 1 N–H and O–H groups in total. The van der Waals surface area contributed by atoms with Gasteiger partial charge < -0.3 is 5.11 Å². The molecule has 2 rings (SSSR count). The molecule has 112 valence electrons. The Morgan fingerprint density at radius 3 is 2.65 bits per heavy atom. The van der Waals surface area contributed by atoms with E-state index in [1.165, 1.54) is 11.1 Å². The highest BCUT2D eigenvalue weighted by atomic mass is 16.3. The Hall–Kier alpha value is -0.900. The van der Waals surface area contributed by atoms with E-state index in [9.17, 15) is 5.11 Å². The van der Waals surface area contributed by atoms with Crippen molar-refractivity contribution in [1.82, 2.24) is 9.80 Å². The van der Waals surface area contributed by atoms with E-state index < -0.39 is 0 Å². The molecular formula is C17H28N2O. The molecule has 1 aromatic carbocycles. The molecule has 0 bridgehead atoms. The van der Waals surface area contributed by atoms with Crippen LogP contribution < -0.4 is 0 Å². The van der Waals surface area contributed by atoms with Crippen molar-refractivity contribution in [1.29, 1.82) is 0 Å². The molecule has 20 heavy (non-hydrogen) atoms. The first-order valence-corrected chi connectivity index (χ1v) is 7.75. The molecular weight excluding hydrogens is 248 g/mol. The van der Waals surface area contributed by atoms with E-state index >= 15 is 0 Å². The van der Waals surface area contributed by atoms with Gasteiger partial charge in [-0.1, -0.05) is 24.3 Å². The monoisotopic (exact) mass is 276 g/mol. The van der Waals surface area contributed by atoms with Gasteiger partial charge in [-0.05, 0) is 38.3 Å². The summed E-state index contributed by atoms with van der Waals surface area (Å²) in [5.74, 6) is 0. The minimum Gasteiger partial charge on any atom is -0.396 e. The molecule has 1 aromatic rings. The van der Waals surface area contributed by atoms with E-state index in [0.29, 0.717) is 12.1 Å². The van der Waals surface area contributed by atoms with Gasteiger partial charge in [0.1, 0.15) is 0 Å². The van der Waals surface area contributed by atoms with Gasteiger partial charge in [0.2, 0.25) is 0 Å². The molecule has 1 fully saturated rings. The number of aliphatic hydroxyl groups is 1. The van der Waals surface area contributed by atoms with Crippen molar-refractivity contribution in [2.24, 2.45) is 0 Å². The maximum atomic E-state index is 9.29. The van der Waals surface area contributed by atoms with Crippen LogP contribution in [0, 0.1) is 6.92 Å². The summed E-state index contributed by atoms with van der Waals surface area (Å²) >= 11 is 0. The van der Waals surface area contributed by atoms with Crippen LogP contribution in [-0.2, 0) is 6.54 Å². The Morgan fingerprint density at radius 1 is 1.25 bits per heavy atom. The van der Waals surface area contributed by atoms with Crippen LogP contribution in [0.25, 0.3) is 0 Å². The number of rotatable bonds is 5. The molecule has 0 aliphatic carbocycles. The predicted octanol–water partition coefficient (Wildman–Crippen LogP) is 2.27. The minimum atomic E-state index is 0.284. The number of benzene rings is 1. The molecule has 0 amide bonds. The summed E-state index contributed by atoms with van der Waals surface area (Å²) in [7, 11) is 0. The molecule has 1 aliphatic rings. The summed E-state index contributed by atoms with van der Waals surface area (Å²) in [6, 6.07) is 9.68. The van der Waals surface area contributed by atoms with Crippen LogP contribution in [0.3, 0.4) is 0 Å². The Morgan fingerprint density at radius 2 is 2.00 bits per heavy atom. The summed E-state index contributed by atoms with van der Waals surface area (Å²) < 4.78 is 0. The third kappa shape index (κ3) is 3.81. The highest BCUT2D eigenvalue weighted by molar-refractivity contribution is 5.25. The Bertz CT molecular complexity index is 419. The fraction of sp³-hybridized carbons (Fsp3) is 0.647. The highest BCUT2D eigenvalue weighted by Crippen LogP contribution is 2.19. The molecule has 0 saturated carbocycles. The van der Waals surface area contributed by atoms with Gasteiger partial charge in [0.15, 0.2) is 0 Å². The van der Waals surface area contributed by atoms with E-state index in [0.717, 1.165) is 32.6 Å². The van der Waals surface area contributed by atoms with E-state index in [1.54, 1.807) is 0 Å². The van der Waals surface area contributed by atoms with Gasteiger partial charge in [-0.15, -0.1) is 0 Å². The van der Waals surface area contributed by atoms with Gasteiger partial charge in [0.05, 0.1) is 0 Å². The number of hydrogen-bond acceptors (Lipinski definition) is 3. The third-order valence-electron chi connectivity index (χ3n) is 4.39. The fourth-order valence-corrected chi connectivity index (χ4v) is 3.19. The first kappa shape index (κ1) is 15.5. The summed E-state index contributed by atoms with van der Waals surface area (Å²) in [5.41, 5.74) is 2.80. The van der Waals surface area contributed by atoms with Crippen LogP contribution in [0.5, 0.6) is 0 Å². The summed E-state index contributed by atoms with van der Waals surface area (Å²) in [6.07, 6.45) is 0.877. The van der Waals surface area contributed by atoms with Gasteiger partial charge in [0, 0.05) is 44.9 Å². The van der Waals surface area contributed by atoms with E-state index in [1.807, 2.05) is 0 Å². The molecule has 1 saturated heterocycles. The lowest BCUT2D eigenvalue weighted by Crippen LogP contribution is -2.55. The number of nitrogens with zero attached hydrogens (tertiary/aromatic N) is 2. The van der Waals surface area contributed by atoms with Crippen LogP contribution in [0.2, 0.25) is 0 Å². The quantitative estimate of drug-likeness (QED) is 0.894. The molecule has 3 heteroatoms. The third-order valence-corrected chi connectivity index (χ3v) is 4.39. The van der Waals surface area contributed by atoms with Crippen LogP contribution >= 0.6 is 0 Å². The van der Waals surface area contributed by atoms with E-state index in [4.69, 9.17) is 0 Å². The average Bonchev–Trinajstić information content (AvgIpc) is 2.42. The van der Waals surface area contributed by atoms with Crippen molar-refractivity contribution in [3.63, 3.8) is 0 Å².